The maximum absolute atomic E-state index is 14.9. The molecule has 0 fully saturated rings. The fourth-order valence-corrected chi connectivity index (χ4v) is 7.55. The van der Waals surface area contributed by atoms with Gasteiger partial charge in [-0.05, 0) is 105 Å². The highest BCUT2D eigenvalue weighted by Crippen LogP contribution is 2.50. The summed E-state index contributed by atoms with van der Waals surface area (Å²) in [6.07, 6.45) is -5.73. The second-order valence-electron chi connectivity index (χ2n) is 12.3. The van der Waals surface area contributed by atoms with Gasteiger partial charge in [0.1, 0.15) is 5.82 Å². The van der Waals surface area contributed by atoms with Gasteiger partial charge < -0.3 is 0 Å². The van der Waals surface area contributed by atoms with Crippen LogP contribution in [0.1, 0.15) is 5.56 Å². The zero-order valence-corrected chi connectivity index (χ0v) is 25.0. The summed E-state index contributed by atoms with van der Waals surface area (Å²) < 4.78 is 84.5. The standard InChI is InChI=1S/C42H22F6/c43-28-16-11-25-21-27(10-9-26(25)22-28)37-29-5-1-3-7-31(29)40(32-8-4-2-6-30(32)37)34-18-13-23-14-19-35-36(41(44,45)42(46,47)48)20-15-24-12-17-33(34)38(23)39(24)35/h1-22H. The predicted octanol–water partition coefficient (Wildman–Crippen LogP) is 13.2. The van der Waals surface area contributed by atoms with E-state index in [0.29, 0.717) is 16.2 Å². The molecule has 0 N–H and O–H groups in total. The lowest BCUT2D eigenvalue weighted by atomic mass is 9.82. The molecule has 48 heavy (non-hydrogen) atoms. The molecule has 0 aliphatic heterocycles. The Labute approximate surface area is 269 Å². The van der Waals surface area contributed by atoms with Crippen LogP contribution in [-0.2, 0) is 5.92 Å². The summed E-state index contributed by atoms with van der Waals surface area (Å²) in [4.78, 5) is 0. The maximum Gasteiger partial charge on any atom is 0.458 e. The van der Waals surface area contributed by atoms with Crippen molar-refractivity contribution in [1.29, 1.82) is 0 Å². The van der Waals surface area contributed by atoms with E-state index in [9.17, 15) is 26.3 Å². The minimum atomic E-state index is -5.73. The van der Waals surface area contributed by atoms with Crippen molar-refractivity contribution in [1.82, 2.24) is 0 Å². The van der Waals surface area contributed by atoms with E-state index >= 15 is 0 Å². The van der Waals surface area contributed by atoms with E-state index in [0.717, 1.165) is 71.4 Å². The van der Waals surface area contributed by atoms with Gasteiger partial charge in [-0.1, -0.05) is 115 Å². The Kier molecular flexibility index (Phi) is 5.92. The number of hydrogen-bond donors (Lipinski definition) is 0. The normalized spacial score (nSPS) is 12.8. The third-order valence-electron chi connectivity index (χ3n) is 9.65. The smallest absolute Gasteiger partial charge is 0.207 e. The highest BCUT2D eigenvalue weighted by Gasteiger charge is 2.59. The van der Waals surface area contributed by atoms with Crippen molar-refractivity contribution >= 4 is 64.6 Å². The molecule has 0 radical (unpaired) electrons. The molecule has 0 bridgehead atoms. The summed E-state index contributed by atoms with van der Waals surface area (Å²) in [5.74, 6) is -5.31. The molecule has 0 heterocycles. The monoisotopic (exact) mass is 640 g/mol. The highest BCUT2D eigenvalue weighted by molar-refractivity contribution is 6.29. The first kappa shape index (κ1) is 28.6. The summed E-state index contributed by atoms with van der Waals surface area (Å²) in [5.41, 5.74) is 2.72. The van der Waals surface area contributed by atoms with Gasteiger partial charge in [0.05, 0.1) is 0 Å². The molecular weight excluding hydrogens is 618 g/mol. The van der Waals surface area contributed by atoms with Crippen molar-refractivity contribution in [3.05, 3.63) is 145 Å². The van der Waals surface area contributed by atoms with Crippen molar-refractivity contribution in [2.45, 2.75) is 12.1 Å². The minimum Gasteiger partial charge on any atom is -0.207 e. The Bertz CT molecular complexity index is 2700. The molecule has 0 spiro atoms. The fraction of sp³-hybridized carbons (Fsp3) is 0.0476. The quantitative estimate of drug-likeness (QED) is 0.102. The molecule has 0 nitrogen and oxygen atoms in total. The first-order chi connectivity index (χ1) is 23.1. The average Bonchev–Trinajstić information content (AvgIpc) is 3.08. The first-order valence-corrected chi connectivity index (χ1v) is 15.4. The van der Waals surface area contributed by atoms with Gasteiger partial charge in [-0.25, -0.2) is 4.39 Å². The van der Waals surface area contributed by atoms with E-state index in [4.69, 9.17) is 0 Å². The lowest BCUT2D eigenvalue weighted by molar-refractivity contribution is -0.288. The maximum atomic E-state index is 14.9. The third-order valence-corrected chi connectivity index (χ3v) is 9.65. The van der Waals surface area contributed by atoms with Crippen molar-refractivity contribution in [3.8, 4) is 22.3 Å². The number of alkyl halides is 5. The van der Waals surface area contributed by atoms with Crippen LogP contribution in [0.3, 0.4) is 0 Å². The van der Waals surface area contributed by atoms with E-state index in [1.807, 2.05) is 54.6 Å². The predicted molar refractivity (Wildman–Crippen MR) is 183 cm³/mol. The molecule has 0 saturated heterocycles. The largest absolute Gasteiger partial charge is 0.458 e. The van der Waals surface area contributed by atoms with Crippen molar-refractivity contribution < 1.29 is 26.3 Å². The third kappa shape index (κ3) is 3.98. The summed E-state index contributed by atoms with van der Waals surface area (Å²) in [5, 5.41) is 8.61. The van der Waals surface area contributed by atoms with Crippen LogP contribution in [0.15, 0.2) is 133 Å². The van der Waals surface area contributed by atoms with Crippen LogP contribution >= 0.6 is 0 Å². The van der Waals surface area contributed by atoms with Gasteiger partial charge in [-0.15, -0.1) is 0 Å². The summed E-state index contributed by atoms with van der Waals surface area (Å²) in [6.45, 7) is 0. The van der Waals surface area contributed by atoms with Crippen LogP contribution in [0.5, 0.6) is 0 Å². The van der Waals surface area contributed by atoms with Gasteiger partial charge in [-0.2, -0.15) is 22.0 Å². The zero-order valence-electron chi connectivity index (χ0n) is 25.0. The molecule has 0 saturated carbocycles. The van der Waals surface area contributed by atoms with Crippen LogP contribution in [0.4, 0.5) is 26.3 Å². The Morgan fingerprint density at radius 3 is 1.54 bits per heavy atom. The van der Waals surface area contributed by atoms with Crippen LogP contribution in [0, 0.1) is 5.82 Å². The zero-order chi connectivity index (χ0) is 32.9. The summed E-state index contributed by atoms with van der Waals surface area (Å²) in [6, 6.07) is 39.7. The van der Waals surface area contributed by atoms with E-state index in [1.54, 1.807) is 18.2 Å². The Balaban J connectivity index is 1.38. The molecule has 0 atom stereocenters. The molecule has 0 unspecified atom stereocenters. The lowest BCUT2D eigenvalue weighted by Crippen LogP contribution is -2.33. The van der Waals surface area contributed by atoms with Crippen molar-refractivity contribution in [2.75, 3.05) is 0 Å². The summed E-state index contributed by atoms with van der Waals surface area (Å²) in [7, 11) is 0. The fourth-order valence-electron chi connectivity index (χ4n) is 7.55. The molecular formula is C42H22F6. The van der Waals surface area contributed by atoms with Gasteiger partial charge in [-0.3, -0.25) is 0 Å². The lowest BCUT2D eigenvalue weighted by Gasteiger charge is -2.23. The Hall–Kier alpha value is -5.62. The minimum absolute atomic E-state index is 0.119. The number of fused-ring (bicyclic) bond motifs is 3. The van der Waals surface area contributed by atoms with Gasteiger partial charge in [0.15, 0.2) is 0 Å². The van der Waals surface area contributed by atoms with E-state index in [1.165, 1.54) is 24.3 Å². The van der Waals surface area contributed by atoms with Crippen LogP contribution in [0.2, 0.25) is 0 Å². The van der Waals surface area contributed by atoms with Gasteiger partial charge in [0, 0.05) is 5.56 Å². The first-order valence-electron chi connectivity index (χ1n) is 15.4. The number of benzene rings is 9. The summed E-state index contributed by atoms with van der Waals surface area (Å²) >= 11 is 0. The highest BCUT2D eigenvalue weighted by atomic mass is 19.4. The molecule has 9 aromatic rings. The van der Waals surface area contributed by atoms with E-state index in [2.05, 4.69) is 30.3 Å². The van der Waals surface area contributed by atoms with Crippen LogP contribution < -0.4 is 0 Å². The molecule has 9 aromatic carbocycles. The van der Waals surface area contributed by atoms with Gasteiger partial charge in [0.2, 0.25) is 0 Å². The molecule has 0 aromatic heterocycles. The number of hydrogen-bond acceptors (Lipinski definition) is 0. The molecule has 9 rings (SSSR count). The molecule has 0 amide bonds. The topological polar surface area (TPSA) is 0 Å². The molecule has 0 aliphatic carbocycles. The van der Waals surface area contributed by atoms with Crippen molar-refractivity contribution in [3.63, 3.8) is 0 Å². The SMILES string of the molecule is Fc1ccc2cc(-c3c4ccccc4c(-c4ccc5ccc6c(C(F)(F)C(F)(F)F)ccc7ccc4c5c76)c4ccccc34)ccc2c1. The van der Waals surface area contributed by atoms with Gasteiger partial charge in [0.25, 0.3) is 0 Å². The van der Waals surface area contributed by atoms with Gasteiger partial charge >= 0.3 is 12.1 Å². The number of halogens is 6. The van der Waals surface area contributed by atoms with E-state index in [-0.39, 0.29) is 11.2 Å². The Morgan fingerprint density at radius 2 is 0.896 bits per heavy atom. The van der Waals surface area contributed by atoms with Crippen LogP contribution in [0.25, 0.3) is 86.9 Å². The second kappa shape index (κ2) is 9.94. The number of rotatable bonds is 3. The Morgan fingerprint density at radius 1 is 0.396 bits per heavy atom. The average molecular weight is 641 g/mol. The van der Waals surface area contributed by atoms with E-state index < -0.39 is 17.7 Å². The molecule has 6 heteroatoms. The van der Waals surface area contributed by atoms with Crippen molar-refractivity contribution in [2.24, 2.45) is 0 Å². The van der Waals surface area contributed by atoms with Crippen LogP contribution in [-0.4, -0.2) is 6.18 Å². The molecule has 232 valence electrons. The molecule has 0 aliphatic rings. The second-order valence-corrected chi connectivity index (χ2v) is 12.3.